The van der Waals surface area contributed by atoms with Gasteiger partial charge in [0.15, 0.2) is 0 Å². The Bertz CT molecular complexity index is 598. The molecule has 0 saturated heterocycles. The summed E-state index contributed by atoms with van der Waals surface area (Å²) in [5.74, 6) is -0.462. The minimum atomic E-state index is -3.72. The van der Waals surface area contributed by atoms with Gasteiger partial charge in [-0.2, -0.15) is 0 Å². The van der Waals surface area contributed by atoms with Gasteiger partial charge < -0.3 is 10.6 Å². The number of aromatic nitrogens is 2. The Labute approximate surface area is 126 Å². The Hall–Kier alpha value is -1.59. The van der Waals surface area contributed by atoms with E-state index >= 15 is 0 Å². The molecule has 0 bridgehead atoms. The second-order valence-corrected chi connectivity index (χ2v) is 7.06. The van der Waals surface area contributed by atoms with Crippen LogP contribution in [-0.4, -0.2) is 43.5 Å². The molecule has 0 unspecified atom stereocenters. The van der Waals surface area contributed by atoms with Gasteiger partial charge in [-0.3, -0.25) is 9.59 Å². The molecule has 1 heterocycles. The predicted molar refractivity (Wildman–Crippen MR) is 77.3 cm³/mol. The van der Waals surface area contributed by atoms with Crippen molar-refractivity contribution < 1.29 is 18.0 Å². The highest BCUT2D eigenvalue weighted by atomic mass is 32.2. The number of carbonyl (C=O) groups excluding carboxylic acids is 2. The summed E-state index contributed by atoms with van der Waals surface area (Å²) < 4.78 is 26.0. The summed E-state index contributed by atoms with van der Waals surface area (Å²) in [5.41, 5.74) is 0. The van der Waals surface area contributed by atoms with Crippen LogP contribution < -0.4 is 15.4 Å². The Kier molecular flexibility index (Phi) is 6.65. The van der Waals surface area contributed by atoms with Crippen molar-refractivity contribution in [3.05, 3.63) is 0 Å². The second-order valence-electron chi connectivity index (χ2n) is 4.14. The van der Waals surface area contributed by atoms with Crippen LogP contribution in [0.1, 0.15) is 26.7 Å². The molecule has 0 radical (unpaired) electrons. The summed E-state index contributed by atoms with van der Waals surface area (Å²) in [5, 5.41) is 12.2. The molecule has 0 aliphatic heterocycles. The lowest BCUT2D eigenvalue weighted by atomic mass is 10.3. The van der Waals surface area contributed by atoms with Gasteiger partial charge in [0, 0.05) is 26.9 Å². The van der Waals surface area contributed by atoms with E-state index in [9.17, 15) is 18.0 Å². The first-order valence-corrected chi connectivity index (χ1v) is 8.46. The normalized spacial score (nSPS) is 11.1. The summed E-state index contributed by atoms with van der Waals surface area (Å²) in [6.07, 6.45) is 1.24. The molecule has 0 saturated carbocycles. The van der Waals surface area contributed by atoms with Gasteiger partial charge >= 0.3 is 0 Å². The van der Waals surface area contributed by atoms with Gasteiger partial charge in [-0.05, 0) is 12.8 Å². The van der Waals surface area contributed by atoms with Crippen molar-refractivity contribution in [2.24, 2.45) is 0 Å². The lowest BCUT2D eigenvalue weighted by Gasteiger charge is -2.04. The summed E-state index contributed by atoms with van der Waals surface area (Å²) >= 11 is 0.779. The van der Waals surface area contributed by atoms with Crippen LogP contribution in [-0.2, 0) is 19.6 Å². The topological polar surface area (TPSA) is 130 Å². The molecule has 11 heteroatoms. The Morgan fingerprint density at radius 3 is 2.38 bits per heavy atom. The van der Waals surface area contributed by atoms with Gasteiger partial charge in [0.2, 0.25) is 21.3 Å². The summed E-state index contributed by atoms with van der Waals surface area (Å²) in [7, 11) is -3.72. The molecule has 0 aliphatic carbocycles. The maximum absolute atomic E-state index is 11.9. The monoisotopic (exact) mass is 335 g/mol. The van der Waals surface area contributed by atoms with Crippen molar-refractivity contribution in [1.82, 2.24) is 20.2 Å². The summed E-state index contributed by atoms with van der Waals surface area (Å²) in [6.45, 7) is 3.45. The molecule has 118 valence electrons. The fourth-order valence-electron chi connectivity index (χ4n) is 1.30. The van der Waals surface area contributed by atoms with Crippen molar-refractivity contribution >= 4 is 38.3 Å². The zero-order chi connectivity index (χ0) is 15.9. The van der Waals surface area contributed by atoms with Crippen LogP contribution in [0.4, 0.5) is 5.13 Å². The van der Waals surface area contributed by atoms with Crippen molar-refractivity contribution in [2.75, 3.05) is 18.4 Å². The fraction of sp³-hybridized carbons (Fsp3) is 0.600. The van der Waals surface area contributed by atoms with E-state index in [1.54, 1.807) is 0 Å². The van der Waals surface area contributed by atoms with Crippen LogP contribution >= 0.6 is 11.3 Å². The van der Waals surface area contributed by atoms with Gasteiger partial charge in [0.25, 0.3) is 10.0 Å². The van der Waals surface area contributed by atoms with Crippen LogP contribution in [0.2, 0.25) is 0 Å². The van der Waals surface area contributed by atoms with Crippen molar-refractivity contribution in [1.29, 1.82) is 0 Å². The number of rotatable bonds is 8. The number of anilines is 1. The van der Waals surface area contributed by atoms with E-state index in [4.69, 9.17) is 0 Å². The van der Waals surface area contributed by atoms with E-state index in [0.717, 1.165) is 11.3 Å². The van der Waals surface area contributed by atoms with Crippen LogP contribution in [0.5, 0.6) is 0 Å². The SMILES string of the molecule is CC(=O)NCCCCNS(=O)(=O)c1nnc(NC(C)=O)s1. The Morgan fingerprint density at radius 2 is 1.76 bits per heavy atom. The van der Waals surface area contributed by atoms with E-state index in [0.29, 0.717) is 19.4 Å². The van der Waals surface area contributed by atoms with E-state index < -0.39 is 10.0 Å². The predicted octanol–water partition coefficient (Wildman–Crippen LogP) is -0.309. The molecule has 0 spiro atoms. The minimum Gasteiger partial charge on any atom is -0.356 e. The van der Waals surface area contributed by atoms with Crippen molar-refractivity contribution in [2.45, 2.75) is 31.0 Å². The number of unbranched alkanes of at least 4 members (excludes halogenated alkanes) is 1. The lowest BCUT2D eigenvalue weighted by molar-refractivity contribution is -0.119. The number of amides is 2. The van der Waals surface area contributed by atoms with Gasteiger partial charge in [0.1, 0.15) is 0 Å². The molecule has 0 aliphatic rings. The van der Waals surface area contributed by atoms with Crippen LogP contribution in [0.3, 0.4) is 0 Å². The molecular weight excluding hydrogens is 318 g/mol. The van der Waals surface area contributed by atoms with Gasteiger partial charge in [-0.15, -0.1) is 10.2 Å². The van der Waals surface area contributed by atoms with Gasteiger partial charge in [-0.1, -0.05) is 11.3 Å². The first-order valence-electron chi connectivity index (χ1n) is 6.16. The smallest absolute Gasteiger partial charge is 0.269 e. The number of nitrogens with one attached hydrogen (secondary N) is 3. The highest BCUT2D eigenvalue weighted by molar-refractivity contribution is 7.91. The zero-order valence-corrected chi connectivity index (χ0v) is 13.3. The number of carbonyl (C=O) groups is 2. The first kappa shape index (κ1) is 17.5. The number of hydrogen-bond acceptors (Lipinski definition) is 7. The summed E-state index contributed by atoms with van der Waals surface area (Å²) in [6, 6.07) is 0. The molecule has 1 aromatic heterocycles. The highest BCUT2D eigenvalue weighted by Gasteiger charge is 2.19. The number of hydrogen-bond donors (Lipinski definition) is 3. The third kappa shape index (κ3) is 6.60. The molecule has 2 amide bonds. The van der Waals surface area contributed by atoms with E-state index in [2.05, 4.69) is 25.6 Å². The van der Waals surface area contributed by atoms with Crippen LogP contribution in [0, 0.1) is 0 Å². The highest BCUT2D eigenvalue weighted by Crippen LogP contribution is 2.19. The molecule has 3 N–H and O–H groups in total. The average molecular weight is 335 g/mol. The molecule has 0 atom stereocenters. The quantitative estimate of drug-likeness (QED) is 0.441. The van der Waals surface area contributed by atoms with Crippen molar-refractivity contribution in [3.63, 3.8) is 0 Å². The largest absolute Gasteiger partial charge is 0.356 e. The molecule has 0 fully saturated rings. The van der Waals surface area contributed by atoms with E-state index in [1.807, 2.05) is 0 Å². The molecule has 1 aromatic rings. The van der Waals surface area contributed by atoms with Crippen molar-refractivity contribution in [3.8, 4) is 0 Å². The maximum Gasteiger partial charge on any atom is 0.269 e. The average Bonchev–Trinajstić information content (AvgIpc) is 2.81. The Morgan fingerprint density at radius 1 is 1.10 bits per heavy atom. The van der Waals surface area contributed by atoms with Crippen LogP contribution in [0.15, 0.2) is 4.34 Å². The van der Waals surface area contributed by atoms with Crippen LogP contribution in [0.25, 0.3) is 0 Å². The maximum atomic E-state index is 11.9. The van der Waals surface area contributed by atoms with E-state index in [-0.39, 0.29) is 27.8 Å². The summed E-state index contributed by atoms with van der Waals surface area (Å²) in [4.78, 5) is 21.5. The third-order valence-electron chi connectivity index (χ3n) is 2.19. The standard InChI is InChI=1S/C10H17N5O4S2/c1-7(16)11-5-3-4-6-12-21(18,19)10-15-14-9(20-10)13-8(2)17/h12H,3-6H2,1-2H3,(H,11,16)(H,13,14,17). The van der Waals surface area contributed by atoms with Gasteiger partial charge in [-0.25, -0.2) is 13.1 Å². The molecular formula is C10H17N5O4S2. The Balaban J connectivity index is 2.41. The molecule has 9 nitrogen and oxygen atoms in total. The molecule has 1 rings (SSSR count). The fourth-order valence-corrected chi connectivity index (χ4v) is 3.36. The minimum absolute atomic E-state index is 0.116. The second kappa shape index (κ2) is 8.00. The van der Waals surface area contributed by atoms with Gasteiger partial charge in [0.05, 0.1) is 0 Å². The first-order chi connectivity index (χ1) is 9.81. The zero-order valence-electron chi connectivity index (χ0n) is 11.7. The third-order valence-corrected chi connectivity index (χ3v) is 4.86. The van der Waals surface area contributed by atoms with E-state index in [1.165, 1.54) is 13.8 Å². The molecule has 21 heavy (non-hydrogen) atoms. The number of sulfonamides is 1. The molecule has 0 aromatic carbocycles. The lowest BCUT2D eigenvalue weighted by Crippen LogP contribution is -2.26. The number of nitrogens with zero attached hydrogens (tertiary/aromatic N) is 2.